The summed E-state index contributed by atoms with van der Waals surface area (Å²) in [6.45, 7) is 5.41. The lowest BCUT2D eigenvalue weighted by Gasteiger charge is -2.16. The van der Waals surface area contributed by atoms with Gasteiger partial charge in [-0.05, 0) is 38.5 Å². The Hall–Kier alpha value is -0.870. The van der Waals surface area contributed by atoms with Crippen LogP contribution < -0.4 is 0 Å². The number of aliphatic hydroxyl groups excluding tert-OH is 1. The minimum atomic E-state index is -0.529. The van der Waals surface area contributed by atoms with Crippen molar-refractivity contribution >= 4 is 5.97 Å². The summed E-state index contributed by atoms with van der Waals surface area (Å²) in [6, 6.07) is 0. The average Bonchev–Trinajstić information content (AvgIpc) is 3.22. The molecule has 0 amide bonds. The van der Waals surface area contributed by atoms with E-state index >= 15 is 0 Å². The molecule has 0 aromatic heterocycles. The SMILES string of the molecule is CCCCCCCCCC/C=C\CCCCCCCCCCCCCC(=O)OC(CO)COCCCCCCCCCCCCCCCCCCCCCCCC. The Bertz CT molecular complexity index is 766. The van der Waals surface area contributed by atoms with E-state index in [1.165, 1.54) is 257 Å². The molecule has 4 nitrogen and oxygen atoms in total. The van der Waals surface area contributed by atoms with E-state index in [0.29, 0.717) is 19.6 Å². The van der Waals surface area contributed by atoms with Crippen LogP contribution in [0.4, 0.5) is 0 Å². The Kier molecular flexibility index (Phi) is 50.5. The third-order valence-electron chi connectivity index (χ3n) is 12.1. The smallest absolute Gasteiger partial charge is 0.306 e. The number of aliphatic hydroxyl groups is 1. The molecule has 1 atom stereocenters. The fraction of sp³-hybridized carbons (Fsp3) is 0.943. The highest BCUT2D eigenvalue weighted by atomic mass is 16.6. The van der Waals surface area contributed by atoms with E-state index in [4.69, 9.17) is 9.47 Å². The van der Waals surface area contributed by atoms with Crippen molar-refractivity contribution in [1.82, 2.24) is 0 Å². The van der Waals surface area contributed by atoms with E-state index in [2.05, 4.69) is 26.0 Å². The lowest BCUT2D eigenvalue weighted by Crippen LogP contribution is -2.27. The van der Waals surface area contributed by atoms with Crippen molar-refractivity contribution < 1.29 is 19.4 Å². The van der Waals surface area contributed by atoms with Gasteiger partial charge < -0.3 is 14.6 Å². The first-order valence-electron chi connectivity index (χ1n) is 26.3. The van der Waals surface area contributed by atoms with Crippen LogP contribution in [0, 0.1) is 0 Å². The second kappa shape index (κ2) is 51.3. The normalized spacial score (nSPS) is 12.3. The molecule has 0 spiro atoms. The molecule has 0 radical (unpaired) electrons. The quantitative estimate of drug-likeness (QED) is 0.0378. The number of carbonyl (C=O) groups excluding carboxylic acids is 1. The molecule has 340 valence electrons. The largest absolute Gasteiger partial charge is 0.457 e. The van der Waals surface area contributed by atoms with Gasteiger partial charge in [-0.2, -0.15) is 0 Å². The second-order valence-corrected chi connectivity index (χ2v) is 18.0. The highest BCUT2D eigenvalue weighted by Gasteiger charge is 2.13. The molecule has 0 bridgehead atoms. The van der Waals surface area contributed by atoms with E-state index in [9.17, 15) is 9.90 Å². The molecular weight excluding hydrogens is 701 g/mol. The van der Waals surface area contributed by atoms with E-state index in [0.717, 1.165) is 19.3 Å². The van der Waals surface area contributed by atoms with Crippen LogP contribution in [0.3, 0.4) is 0 Å². The molecule has 0 saturated carbocycles. The summed E-state index contributed by atoms with van der Waals surface area (Å²) in [6.07, 6.45) is 63.1. The Balaban J connectivity index is 3.34. The van der Waals surface area contributed by atoms with Gasteiger partial charge >= 0.3 is 5.97 Å². The van der Waals surface area contributed by atoms with Crippen LogP contribution >= 0.6 is 0 Å². The van der Waals surface area contributed by atoms with Gasteiger partial charge in [0.1, 0.15) is 6.10 Å². The van der Waals surface area contributed by atoms with Crippen molar-refractivity contribution in [2.24, 2.45) is 0 Å². The van der Waals surface area contributed by atoms with Crippen LogP contribution in [0.15, 0.2) is 12.2 Å². The molecule has 1 unspecified atom stereocenters. The first-order valence-corrected chi connectivity index (χ1v) is 26.3. The predicted molar refractivity (Wildman–Crippen MR) is 251 cm³/mol. The summed E-state index contributed by atoms with van der Waals surface area (Å²) < 4.78 is 11.2. The Morgan fingerprint density at radius 2 is 0.684 bits per heavy atom. The van der Waals surface area contributed by atoms with Gasteiger partial charge in [0.25, 0.3) is 0 Å². The number of ether oxygens (including phenoxy) is 2. The van der Waals surface area contributed by atoms with Crippen molar-refractivity contribution in [2.45, 2.75) is 302 Å². The van der Waals surface area contributed by atoms with Crippen LogP contribution in [0.5, 0.6) is 0 Å². The maximum Gasteiger partial charge on any atom is 0.306 e. The molecule has 0 aliphatic rings. The van der Waals surface area contributed by atoms with Crippen LogP contribution in [-0.4, -0.2) is 37.0 Å². The van der Waals surface area contributed by atoms with Crippen molar-refractivity contribution in [1.29, 1.82) is 0 Å². The zero-order valence-electron chi connectivity index (χ0n) is 39.1. The summed E-state index contributed by atoms with van der Waals surface area (Å²) >= 11 is 0. The van der Waals surface area contributed by atoms with Crippen molar-refractivity contribution in [3.8, 4) is 0 Å². The molecule has 0 saturated heterocycles. The van der Waals surface area contributed by atoms with E-state index < -0.39 is 6.10 Å². The van der Waals surface area contributed by atoms with Gasteiger partial charge in [-0.25, -0.2) is 0 Å². The summed E-state index contributed by atoms with van der Waals surface area (Å²) in [4.78, 5) is 12.3. The maximum absolute atomic E-state index is 12.3. The van der Waals surface area contributed by atoms with Gasteiger partial charge in [-0.3, -0.25) is 4.79 Å². The molecule has 4 heteroatoms. The number of unbranched alkanes of at least 4 members (excludes halogenated alkanes) is 40. The molecule has 0 rings (SSSR count). The molecule has 1 N–H and O–H groups in total. The van der Waals surface area contributed by atoms with E-state index in [1.54, 1.807) is 0 Å². The highest BCUT2D eigenvalue weighted by molar-refractivity contribution is 5.69. The minimum absolute atomic E-state index is 0.165. The summed E-state index contributed by atoms with van der Waals surface area (Å²) in [5.41, 5.74) is 0. The van der Waals surface area contributed by atoms with Gasteiger partial charge in [-0.15, -0.1) is 0 Å². The number of rotatable bonds is 50. The fourth-order valence-electron chi connectivity index (χ4n) is 8.15. The Morgan fingerprint density at radius 3 is 1.00 bits per heavy atom. The molecule has 0 fully saturated rings. The first-order chi connectivity index (χ1) is 28.2. The molecule has 57 heavy (non-hydrogen) atoms. The summed E-state index contributed by atoms with van der Waals surface area (Å²) in [5.74, 6) is -0.194. The van der Waals surface area contributed by atoms with Gasteiger partial charge in [0, 0.05) is 13.0 Å². The third kappa shape index (κ3) is 49.4. The van der Waals surface area contributed by atoms with Crippen LogP contribution in [0.2, 0.25) is 0 Å². The molecule has 0 aromatic carbocycles. The van der Waals surface area contributed by atoms with Crippen LogP contribution in [0.1, 0.15) is 296 Å². The molecule has 0 aliphatic heterocycles. The van der Waals surface area contributed by atoms with Crippen LogP contribution in [-0.2, 0) is 14.3 Å². The first kappa shape index (κ1) is 56.1. The van der Waals surface area contributed by atoms with Crippen molar-refractivity contribution in [3.63, 3.8) is 0 Å². The number of carbonyl (C=O) groups is 1. The highest BCUT2D eigenvalue weighted by Crippen LogP contribution is 2.17. The van der Waals surface area contributed by atoms with Crippen molar-refractivity contribution in [3.05, 3.63) is 12.2 Å². The minimum Gasteiger partial charge on any atom is -0.457 e. The predicted octanol–water partition coefficient (Wildman–Crippen LogP) is 17.7. The Morgan fingerprint density at radius 1 is 0.404 bits per heavy atom. The van der Waals surface area contributed by atoms with E-state index in [1.807, 2.05) is 0 Å². The monoisotopic (exact) mass is 805 g/mol. The summed E-state index contributed by atoms with van der Waals surface area (Å²) in [5, 5.41) is 9.65. The lowest BCUT2D eigenvalue weighted by atomic mass is 10.0. The van der Waals surface area contributed by atoms with Gasteiger partial charge in [0.2, 0.25) is 0 Å². The zero-order chi connectivity index (χ0) is 41.2. The molecule has 0 heterocycles. The van der Waals surface area contributed by atoms with Crippen molar-refractivity contribution in [2.75, 3.05) is 19.8 Å². The molecule has 0 aromatic rings. The Labute approximate surface area is 358 Å². The number of allylic oxidation sites excluding steroid dienone is 2. The fourth-order valence-corrected chi connectivity index (χ4v) is 8.15. The van der Waals surface area contributed by atoms with E-state index in [-0.39, 0.29) is 12.6 Å². The molecule has 0 aliphatic carbocycles. The third-order valence-corrected chi connectivity index (χ3v) is 12.1. The second-order valence-electron chi connectivity index (χ2n) is 18.0. The number of hydrogen-bond acceptors (Lipinski definition) is 4. The number of esters is 1. The van der Waals surface area contributed by atoms with Gasteiger partial charge in [0.05, 0.1) is 13.2 Å². The van der Waals surface area contributed by atoms with Gasteiger partial charge in [0.15, 0.2) is 0 Å². The standard InChI is InChI=1S/C53H104O4/c1-3-5-7-9-11-13-15-17-19-21-23-25-27-28-30-32-34-36-38-40-42-44-46-48-53(55)57-52(50-54)51-56-49-47-45-43-41-39-37-35-33-31-29-26-24-22-20-18-16-14-12-10-8-6-4-2/h21,23,52,54H,3-20,22,24-51H2,1-2H3/b23-21-. The van der Waals surface area contributed by atoms with Gasteiger partial charge in [-0.1, -0.05) is 264 Å². The maximum atomic E-state index is 12.3. The average molecular weight is 805 g/mol. The topological polar surface area (TPSA) is 55.8 Å². The number of hydrogen-bond donors (Lipinski definition) is 1. The molecular formula is C53H104O4. The lowest BCUT2D eigenvalue weighted by molar-refractivity contribution is -0.154. The van der Waals surface area contributed by atoms with Crippen LogP contribution in [0.25, 0.3) is 0 Å². The zero-order valence-corrected chi connectivity index (χ0v) is 39.1. The summed E-state index contributed by atoms with van der Waals surface area (Å²) in [7, 11) is 0.